The molecule has 0 aliphatic carbocycles. The molecule has 3 nitrogen and oxygen atoms in total. The van der Waals surface area contributed by atoms with Crippen LogP contribution in [-0.2, 0) is 9.53 Å². The Morgan fingerprint density at radius 1 is 1.78 bits per heavy atom. The Labute approximate surface area is 61.7 Å². The zero-order valence-electron chi connectivity index (χ0n) is 4.76. The Bertz CT molecular complexity index is 129. The Hall–Kier alpha value is -0.560. The van der Waals surface area contributed by atoms with Crippen molar-refractivity contribution in [3.8, 4) is 6.07 Å². The molecule has 4 heteroatoms. The van der Waals surface area contributed by atoms with E-state index < -0.39 is 0 Å². The fraction of sp³-hybridized carbons (Fsp3) is 0.600. The summed E-state index contributed by atoms with van der Waals surface area (Å²) in [4.78, 5) is 10.3. The molecule has 0 spiro atoms. The van der Waals surface area contributed by atoms with E-state index in [2.05, 4.69) is 20.7 Å². The van der Waals surface area contributed by atoms with E-state index in [0.29, 0.717) is 0 Å². The van der Waals surface area contributed by atoms with Crippen LogP contribution in [0.2, 0.25) is 0 Å². The fourth-order valence-corrected chi connectivity index (χ4v) is 0.411. The number of nitriles is 1. The lowest BCUT2D eigenvalue weighted by Gasteiger charge is -1.95. The van der Waals surface area contributed by atoms with E-state index in [-0.39, 0.29) is 24.3 Å². The van der Waals surface area contributed by atoms with E-state index in [0.717, 1.165) is 0 Å². The molecule has 0 radical (unpaired) electrons. The van der Waals surface area contributed by atoms with Gasteiger partial charge in [-0.25, -0.2) is 0 Å². The van der Waals surface area contributed by atoms with E-state index in [4.69, 9.17) is 5.26 Å². The first kappa shape index (κ1) is 8.44. The summed E-state index contributed by atoms with van der Waals surface area (Å²) in [7, 11) is 0. The lowest BCUT2D eigenvalue weighted by molar-refractivity contribution is -0.140. The predicted molar refractivity (Wildman–Crippen MR) is 35.0 cm³/mol. The first-order valence-corrected chi connectivity index (χ1v) is 3.52. The average molecular weight is 192 g/mol. The summed E-state index contributed by atoms with van der Waals surface area (Å²) in [5.41, 5.74) is 0. The molecule has 0 rings (SSSR count). The van der Waals surface area contributed by atoms with Gasteiger partial charge >= 0.3 is 5.97 Å². The molecular weight excluding hydrogens is 186 g/mol. The summed E-state index contributed by atoms with van der Waals surface area (Å²) in [6, 6.07) is 1.85. The SMILES string of the molecule is N#CCCOC(=O)CBr. The van der Waals surface area contributed by atoms with Crippen LogP contribution in [-0.4, -0.2) is 17.9 Å². The van der Waals surface area contributed by atoms with Crippen molar-refractivity contribution in [2.75, 3.05) is 11.9 Å². The van der Waals surface area contributed by atoms with Gasteiger partial charge in [0, 0.05) is 0 Å². The maximum atomic E-state index is 10.3. The monoisotopic (exact) mass is 191 g/mol. The molecule has 0 aromatic carbocycles. The Balaban J connectivity index is 3.09. The number of rotatable bonds is 3. The number of hydrogen-bond donors (Lipinski definition) is 0. The summed E-state index contributed by atoms with van der Waals surface area (Å²) >= 11 is 2.91. The third-order valence-corrected chi connectivity index (χ3v) is 1.04. The highest BCUT2D eigenvalue weighted by atomic mass is 79.9. The van der Waals surface area contributed by atoms with Crippen molar-refractivity contribution in [2.24, 2.45) is 0 Å². The van der Waals surface area contributed by atoms with Crippen LogP contribution >= 0.6 is 15.9 Å². The fourth-order valence-electron chi connectivity index (χ4n) is 0.249. The summed E-state index contributed by atoms with van der Waals surface area (Å²) in [6.45, 7) is 0.195. The molecule has 0 aromatic heterocycles. The molecule has 0 saturated carbocycles. The maximum absolute atomic E-state index is 10.3. The Morgan fingerprint density at radius 2 is 2.44 bits per heavy atom. The topological polar surface area (TPSA) is 50.1 Å². The number of carbonyl (C=O) groups is 1. The van der Waals surface area contributed by atoms with E-state index in [1.807, 2.05) is 6.07 Å². The Kier molecular flexibility index (Phi) is 5.23. The van der Waals surface area contributed by atoms with E-state index >= 15 is 0 Å². The summed E-state index contributed by atoms with van der Waals surface area (Å²) < 4.78 is 4.52. The standard InChI is InChI=1S/C5H6BrNO2/c6-4-5(8)9-3-1-2-7/h1,3-4H2. The zero-order chi connectivity index (χ0) is 7.11. The molecule has 0 atom stereocenters. The highest BCUT2D eigenvalue weighted by Crippen LogP contribution is 1.86. The van der Waals surface area contributed by atoms with Crippen LogP contribution in [0.4, 0.5) is 0 Å². The molecule has 0 aromatic rings. The molecule has 0 unspecified atom stereocenters. The van der Waals surface area contributed by atoms with Gasteiger partial charge < -0.3 is 4.74 Å². The maximum Gasteiger partial charge on any atom is 0.316 e. The van der Waals surface area contributed by atoms with Gasteiger partial charge in [-0.2, -0.15) is 5.26 Å². The molecule has 0 saturated heterocycles. The summed E-state index contributed by atoms with van der Waals surface area (Å²) in [6.07, 6.45) is 0.263. The van der Waals surface area contributed by atoms with E-state index in [1.54, 1.807) is 0 Å². The summed E-state index contributed by atoms with van der Waals surface area (Å²) in [5, 5.41) is 8.19. The van der Waals surface area contributed by atoms with Gasteiger partial charge in [-0.3, -0.25) is 4.79 Å². The predicted octanol–water partition coefficient (Wildman–Crippen LogP) is 0.838. The molecule has 0 aliphatic rings. The molecular formula is C5H6BrNO2. The number of hydrogen-bond acceptors (Lipinski definition) is 3. The first-order valence-electron chi connectivity index (χ1n) is 2.39. The molecule has 0 bridgehead atoms. The number of esters is 1. The number of ether oxygens (including phenoxy) is 1. The van der Waals surface area contributed by atoms with Gasteiger partial charge in [0.25, 0.3) is 0 Å². The van der Waals surface area contributed by atoms with Crippen LogP contribution in [0.25, 0.3) is 0 Å². The van der Waals surface area contributed by atoms with Crippen LogP contribution < -0.4 is 0 Å². The van der Waals surface area contributed by atoms with Crippen LogP contribution in [0.1, 0.15) is 6.42 Å². The Morgan fingerprint density at radius 3 is 2.89 bits per heavy atom. The van der Waals surface area contributed by atoms with E-state index in [9.17, 15) is 4.79 Å². The minimum atomic E-state index is -0.328. The smallest absolute Gasteiger partial charge is 0.316 e. The number of nitrogens with zero attached hydrogens (tertiary/aromatic N) is 1. The molecule has 0 fully saturated rings. The van der Waals surface area contributed by atoms with Crippen molar-refractivity contribution in [1.82, 2.24) is 0 Å². The minimum absolute atomic E-state index is 0.193. The number of alkyl halides is 1. The van der Waals surface area contributed by atoms with Gasteiger partial charge in [0.15, 0.2) is 0 Å². The van der Waals surface area contributed by atoms with Crippen LogP contribution in [0, 0.1) is 11.3 Å². The molecule has 0 N–H and O–H groups in total. The minimum Gasteiger partial charge on any atom is -0.464 e. The van der Waals surface area contributed by atoms with Crippen molar-refractivity contribution >= 4 is 21.9 Å². The molecule has 0 heterocycles. The molecule has 9 heavy (non-hydrogen) atoms. The normalized spacial score (nSPS) is 8.00. The van der Waals surface area contributed by atoms with Gasteiger partial charge in [0.2, 0.25) is 0 Å². The molecule has 0 amide bonds. The second-order valence-electron chi connectivity index (χ2n) is 1.26. The lowest BCUT2D eigenvalue weighted by Crippen LogP contribution is -2.05. The third-order valence-electron chi connectivity index (χ3n) is 0.586. The van der Waals surface area contributed by atoms with Gasteiger partial charge in [-0.1, -0.05) is 15.9 Å². The van der Waals surface area contributed by atoms with Crippen LogP contribution in [0.15, 0.2) is 0 Å². The first-order chi connectivity index (χ1) is 4.31. The average Bonchev–Trinajstić information content (AvgIpc) is 1.89. The highest BCUT2D eigenvalue weighted by Gasteiger charge is 1.96. The van der Waals surface area contributed by atoms with Gasteiger partial charge in [0.1, 0.15) is 11.9 Å². The van der Waals surface area contributed by atoms with Crippen molar-refractivity contribution in [1.29, 1.82) is 5.26 Å². The van der Waals surface area contributed by atoms with Crippen molar-refractivity contribution in [2.45, 2.75) is 6.42 Å². The van der Waals surface area contributed by atoms with Crippen LogP contribution in [0.5, 0.6) is 0 Å². The van der Waals surface area contributed by atoms with Crippen LogP contribution in [0.3, 0.4) is 0 Å². The number of halogens is 1. The van der Waals surface area contributed by atoms with Gasteiger partial charge in [-0.15, -0.1) is 0 Å². The van der Waals surface area contributed by atoms with Gasteiger partial charge in [0.05, 0.1) is 12.5 Å². The largest absolute Gasteiger partial charge is 0.464 e. The lowest BCUT2D eigenvalue weighted by atomic mass is 10.5. The second-order valence-corrected chi connectivity index (χ2v) is 1.82. The molecule has 50 valence electrons. The number of carbonyl (C=O) groups excluding carboxylic acids is 1. The van der Waals surface area contributed by atoms with Crippen molar-refractivity contribution < 1.29 is 9.53 Å². The van der Waals surface area contributed by atoms with Gasteiger partial charge in [-0.05, 0) is 0 Å². The third kappa shape index (κ3) is 5.31. The van der Waals surface area contributed by atoms with Crippen molar-refractivity contribution in [3.05, 3.63) is 0 Å². The highest BCUT2D eigenvalue weighted by molar-refractivity contribution is 9.09. The quantitative estimate of drug-likeness (QED) is 0.378. The van der Waals surface area contributed by atoms with E-state index in [1.165, 1.54) is 0 Å². The zero-order valence-corrected chi connectivity index (χ0v) is 6.35. The second kappa shape index (κ2) is 5.57. The van der Waals surface area contributed by atoms with Crippen molar-refractivity contribution in [3.63, 3.8) is 0 Å². The molecule has 0 aliphatic heterocycles. The summed E-state index contributed by atoms with van der Waals surface area (Å²) in [5.74, 6) is -0.328.